The van der Waals surface area contributed by atoms with Gasteiger partial charge in [-0.3, -0.25) is 0 Å². The average Bonchev–Trinajstić information content (AvgIpc) is 2.43. The summed E-state index contributed by atoms with van der Waals surface area (Å²) in [7, 11) is 1.65. The number of carbonyl (C=O) groups is 1. The fraction of sp³-hybridized carbons (Fsp3) is 0.533. The Morgan fingerprint density at radius 3 is 2.75 bits per heavy atom. The van der Waals surface area contributed by atoms with E-state index < -0.39 is 5.97 Å². The Morgan fingerprint density at radius 2 is 2.05 bits per heavy atom. The van der Waals surface area contributed by atoms with Gasteiger partial charge in [0.2, 0.25) is 0 Å². The van der Waals surface area contributed by atoms with E-state index in [1.165, 1.54) is 0 Å². The van der Waals surface area contributed by atoms with E-state index in [4.69, 9.17) is 14.6 Å². The minimum absolute atomic E-state index is 0.321. The molecule has 0 unspecified atom stereocenters. The molecule has 2 N–H and O–H groups in total. The van der Waals surface area contributed by atoms with Crippen LogP contribution in [0.15, 0.2) is 18.2 Å². The Morgan fingerprint density at radius 1 is 1.25 bits per heavy atom. The molecule has 0 heterocycles. The fourth-order valence-electron chi connectivity index (χ4n) is 1.79. The number of carboxylic acids is 1. The lowest BCUT2D eigenvalue weighted by Crippen LogP contribution is -2.09. The van der Waals surface area contributed by atoms with Crippen LogP contribution in [0.2, 0.25) is 0 Å². The van der Waals surface area contributed by atoms with E-state index in [-0.39, 0.29) is 0 Å². The normalized spacial score (nSPS) is 10.5. The molecule has 0 aliphatic heterocycles. The predicted molar refractivity (Wildman–Crippen MR) is 78.6 cm³/mol. The molecule has 5 nitrogen and oxygen atoms in total. The van der Waals surface area contributed by atoms with Gasteiger partial charge >= 0.3 is 5.97 Å². The fourth-order valence-corrected chi connectivity index (χ4v) is 1.79. The van der Waals surface area contributed by atoms with Crippen molar-refractivity contribution in [1.82, 2.24) is 0 Å². The molecule has 0 saturated heterocycles. The van der Waals surface area contributed by atoms with Crippen LogP contribution in [0.4, 0.5) is 5.69 Å². The van der Waals surface area contributed by atoms with Crippen LogP contribution in [0.1, 0.15) is 28.8 Å². The number of benzene rings is 1. The summed E-state index contributed by atoms with van der Waals surface area (Å²) in [5.41, 5.74) is 1.93. The van der Waals surface area contributed by atoms with Crippen LogP contribution >= 0.6 is 0 Å². The number of nitrogens with one attached hydrogen (secondary N) is 1. The monoisotopic (exact) mass is 281 g/mol. The lowest BCUT2D eigenvalue weighted by Gasteiger charge is -2.10. The molecule has 0 spiro atoms. The van der Waals surface area contributed by atoms with Crippen LogP contribution in [0.25, 0.3) is 0 Å². The molecule has 1 aromatic carbocycles. The maximum absolute atomic E-state index is 11.1. The van der Waals surface area contributed by atoms with E-state index in [2.05, 4.69) is 5.32 Å². The number of hydrogen-bond acceptors (Lipinski definition) is 4. The predicted octanol–water partition coefficient (Wildman–Crippen LogP) is 2.55. The van der Waals surface area contributed by atoms with Crippen molar-refractivity contribution >= 4 is 11.7 Å². The molecule has 112 valence electrons. The zero-order valence-corrected chi connectivity index (χ0v) is 12.1. The van der Waals surface area contributed by atoms with Crippen molar-refractivity contribution in [2.24, 2.45) is 0 Å². The lowest BCUT2D eigenvalue weighted by atomic mass is 10.1. The van der Waals surface area contributed by atoms with Gasteiger partial charge in [0.1, 0.15) is 0 Å². The third-order valence-electron chi connectivity index (χ3n) is 2.87. The summed E-state index contributed by atoms with van der Waals surface area (Å²) in [6, 6.07) is 5.40. The topological polar surface area (TPSA) is 67.8 Å². The van der Waals surface area contributed by atoms with Gasteiger partial charge in [0.15, 0.2) is 0 Å². The van der Waals surface area contributed by atoms with Crippen LogP contribution in [0, 0.1) is 6.92 Å². The first-order valence-corrected chi connectivity index (χ1v) is 6.79. The lowest BCUT2D eigenvalue weighted by molar-refractivity contribution is 0.0690. The number of rotatable bonds is 10. The number of aryl methyl sites for hydroxylation is 1. The van der Waals surface area contributed by atoms with E-state index in [1.807, 2.05) is 19.1 Å². The van der Waals surface area contributed by atoms with Crippen molar-refractivity contribution in [3.63, 3.8) is 0 Å². The molecule has 0 saturated carbocycles. The van der Waals surface area contributed by atoms with Crippen molar-refractivity contribution in [3.05, 3.63) is 29.3 Å². The van der Waals surface area contributed by atoms with Crippen LogP contribution < -0.4 is 5.32 Å². The smallest absolute Gasteiger partial charge is 0.337 e. The molecule has 0 aliphatic rings. The molecule has 20 heavy (non-hydrogen) atoms. The summed E-state index contributed by atoms with van der Waals surface area (Å²) >= 11 is 0. The molecular formula is C15H23NO4. The van der Waals surface area contributed by atoms with Crippen LogP contribution in [0.5, 0.6) is 0 Å². The maximum Gasteiger partial charge on any atom is 0.337 e. The number of carboxylic acid groups (broad SMARTS) is 1. The molecule has 5 heteroatoms. The van der Waals surface area contributed by atoms with E-state index in [0.29, 0.717) is 31.1 Å². The highest BCUT2D eigenvalue weighted by atomic mass is 16.5. The Labute approximate surface area is 119 Å². The van der Waals surface area contributed by atoms with Gasteiger partial charge in [0.05, 0.1) is 18.8 Å². The van der Waals surface area contributed by atoms with Gasteiger partial charge in [0.25, 0.3) is 0 Å². The van der Waals surface area contributed by atoms with Crippen molar-refractivity contribution < 1.29 is 19.4 Å². The van der Waals surface area contributed by atoms with Gasteiger partial charge in [-0.2, -0.15) is 0 Å². The Bertz CT molecular complexity index is 420. The Kier molecular flexibility index (Phi) is 7.69. The van der Waals surface area contributed by atoms with Crippen molar-refractivity contribution in [1.29, 1.82) is 0 Å². The minimum Gasteiger partial charge on any atom is -0.478 e. The maximum atomic E-state index is 11.1. The summed E-state index contributed by atoms with van der Waals surface area (Å²) < 4.78 is 10.2. The Balaban J connectivity index is 2.27. The third-order valence-corrected chi connectivity index (χ3v) is 2.87. The number of methoxy groups -OCH3 is 1. The zero-order chi connectivity index (χ0) is 14.8. The largest absolute Gasteiger partial charge is 0.478 e. The molecule has 0 aromatic heterocycles. The standard InChI is InChI=1S/C15H23NO4/c1-12-5-6-14(13(11-12)15(17)18)16-7-3-4-8-20-10-9-19-2/h5-6,11,16H,3-4,7-10H2,1-2H3,(H,17,18). The Hall–Kier alpha value is -1.59. The van der Waals surface area contributed by atoms with Gasteiger partial charge in [0, 0.05) is 25.9 Å². The van der Waals surface area contributed by atoms with Gasteiger partial charge in [-0.25, -0.2) is 4.79 Å². The molecule has 0 atom stereocenters. The molecule has 1 aromatic rings. The molecule has 0 bridgehead atoms. The van der Waals surface area contributed by atoms with Crippen LogP contribution in [-0.4, -0.2) is 44.6 Å². The van der Waals surface area contributed by atoms with Crippen LogP contribution in [0.3, 0.4) is 0 Å². The second-order valence-corrected chi connectivity index (χ2v) is 4.59. The molecular weight excluding hydrogens is 258 g/mol. The van der Waals surface area contributed by atoms with E-state index in [1.54, 1.807) is 13.2 Å². The first kappa shape index (κ1) is 16.5. The average molecular weight is 281 g/mol. The van der Waals surface area contributed by atoms with E-state index in [9.17, 15) is 4.79 Å². The van der Waals surface area contributed by atoms with Crippen molar-refractivity contribution in [2.75, 3.05) is 38.8 Å². The molecule has 0 radical (unpaired) electrons. The van der Waals surface area contributed by atoms with E-state index >= 15 is 0 Å². The van der Waals surface area contributed by atoms with Gasteiger partial charge < -0.3 is 19.9 Å². The number of anilines is 1. The molecule has 1 rings (SSSR count). The second kappa shape index (κ2) is 9.34. The highest BCUT2D eigenvalue weighted by Gasteiger charge is 2.09. The number of ether oxygens (including phenoxy) is 2. The van der Waals surface area contributed by atoms with Gasteiger partial charge in [-0.05, 0) is 31.9 Å². The molecule has 0 aliphatic carbocycles. The van der Waals surface area contributed by atoms with E-state index in [0.717, 1.165) is 24.9 Å². The van der Waals surface area contributed by atoms with Gasteiger partial charge in [-0.15, -0.1) is 0 Å². The summed E-state index contributed by atoms with van der Waals surface area (Å²) in [6.07, 6.45) is 1.87. The molecule has 0 amide bonds. The number of unbranched alkanes of at least 4 members (excludes halogenated alkanes) is 1. The SMILES string of the molecule is COCCOCCCCNc1ccc(C)cc1C(=O)O. The minimum atomic E-state index is -0.904. The second-order valence-electron chi connectivity index (χ2n) is 4.59. The summed E-state index contributed by atoms with van der Waals surface area (Å²) in [6.45, 7) is 4.55. The quantitative estimate of drug-likeness (QED) is 0.645. The molecule has 0 fully saturated rings. The van der Waals surface area contributed by atoms with Crippen molar-refractivity contribution in [2.45, 2.75) is 19.8 Å². The number of hydrogen-bond donors (Lipinski definition) is 2. The zero-order valence-electron chi connectivity index (χ0n) is 12.1. The highest BCUT2D eigenvalue weighted by molar-refractivity contribution is 5.94. The van der Waals surface area contributed by atoms with Crippen LogP contribution in [-0.2, 0) is 9.47 Å². The van der Waals surface area contributed by atoms with Gasteiger partial charge in [-0.1, -0.05) is 11.6 Å². The summed E-state index contributed by atoms with van der Waals surface area (Å²) in [5.74, 6) is -0.904. The summed E-state index contributed by atoms with van der Waals surface area (Å²) in [5, 5.41) is 12.3. The van der Waals surface area contributed by atoms with Crippen molar-refractivity contribution in [3.8, 4) is 0 Å². The number of aromatic carboxylic acids is 1. The first-order chi connectivity index (χ1) is 9.65. The summed E-state index contributed by atoms with van der Waals surface area (Å²) in [4.78, 5) is 11.1. The third kappa shape index (κ3) is 6.04. The first-order valence-electron chi connectivity index (χ1n) is 6.79. The highest BCUT2D eigenvalue weighted by Crippen LogP contribution is 2.17.